The van der Waals surface area contributed by atoms with E-state index in [1.807, 2.05) is 0 Å². The summed E-state index contributed by atoms with van der Waals surface area (Å²) in [6.45, 7) is 11.2. The Morgan fingerprint density at radius 2 is 1.87 bits per heavy atom. The molecule has 2 aliphatic rings. The van der Waals surface area contributed by atoms with E-state index in [9.17, 15) is 0 Å². The van der Waals surface area contributed by atoms with Crippen molar-refractivity contribution in [2.75, 3.05) is 26.2 Å². The normalized spacial score (nSPS) is 28.2. The lowest BCUT2D eigenvalue weighted by Gasteiger charge is -2.48. The van der Waals surface area contributed by atoms with E-state index >= 15 is 0 Å². The second-order valence-electron chi connectivity index (χ2n) is 5.78. The monoisotopic (exact) mass is 212 g/mol. The molecule has 2 rings (SSSR count). The Labute approximate surface area is 93.2 Å². The van der Waals surface area contributed by atoms with Crippen LogP contribution in [0.3, 0.4) is 0 Å². The molecule has 1 N–H and O–H groups in total. The minimum absolute atomic E-state index is 0.0139. The molecule has 2 fully saturated rings. The molecule has 0 radical (unpaired) electrons. The molecule has 2 heterocycles. The number of piperidine rings is 1. The minimum atomic E-state index is 0.0139. The fourth-order valence-electron chi connectivity index (χ4n) is 2.57. The molecule has 0 amide bonds. The number of likely N-dealkylation sites (tertiary alicyclic amines) is 1. The van der Waals surface area contributed by atoms with E-state index in [1.54, 1.807) is 0 Å². The Morgan fingerprint density at radius 3 is 2.33 bits per heavy atom. The lowest BCUT2D eigenvalue weighted by molar-refractivity contribution is -0.134. The van der Waals surface area contributed by atoms with Gasteiger partial charge in [-0.1, -0.05) is 0 Å². The molecule has 0 aromatic rings. The number of nitrogens with zero attached hydrogens (tertiary/aromatic N) is 1. The van der Waals surface area contributed by atoms with Crippen molar-refractivity contribution in [2.45, 2.75) is 51.3 Å². The molecular weight excluding hydrogens is 188 g/mol. The van der Waals surface area contributed by atoms with Crippen LogP contribution >= 0.6 is 0 Å². The molecule has 0 aliphatic carbocycles. The smallest absolute Gasteiger partial charge is 0.121 e. The molecule has 2 aliphatic heterocycles. The van der Waals surface area contributed by atoms with Gasteiger partial charge in [-0.2, -0.15) is 0 Å². The Bertz CT molecular complexity index is 206. The van der Waals surface area contributed by atoms with Crippen molar-refractivity contribution in [2.24, 2.45) is 0 Å². The van der Waals surface area contributed by atoms with Crippen molar-refractivity contribution in [3.63, 3.8) is 0 Å². The van der Waals surface area contributed by atoms with Crippen LogP contribution in [0.2, 0.25) is 0 Å². The lowest BCUT2D eigenvalue weighted by Crippen LogP contribution is -2.60. The summed E-state index contributed by atoms with van der Waals surface area (Å²) in [5, 5.41) is 3.56. The molecule has 2 saturated heterocycles. The number of rotatable bonds is 0. The Morgan fingerprint density at radius 1 is 1.20 bits per heavy atom. The van der Waals surface area contributed by atoms with Crippen LogP contribution in [0.25, 0.3) is 0 Å². The zero-order valence-corrected chi connectivity index (χ0v) is 10.3. The molecule has 0 aromatic heterocycles. The predicted octanol–water partition coefficient (Wildman–Crippen LogP) is 1.59. The van der Waals surface area contributed by atoms with Crippen LogP contribution in [0.15, 0.2) is 0 Å². The van der Waals surface area contributed by atoms with E-state index in [0.717, 1.165) is 45.5 Å². The van der Waals surface area contributed by atoms with Gasteiger partial charge in [-0.25, -0.2) is 0 Å². The quantitative estimate of drug-likeness (QED) is 0.660. The zero-order valence-electron chi connectivity index (χ0n) is 10.3. The molecule has 15 heavy (non-hydrogen) atoms. The Balaban J connectivity index is 1.91. The van der Waals surface area contributed by atoms with Crippen LogP contribution < -0.4 is 5.32 Å². The van der Waals surface area contributed by atoms with Gasteiger partial charge < -0.3 is 4.74 Å². The van der Waals surface area contributed by atoms with E-state index in [1.165, 1.54) is 0 Å². The van der Waals surface area contributed by atoms with Crippen molar-refractivity contribution >= 4 is 0 Å². The number of ether oxygens (including phenoxy) is 1. The highest BCUT2D eigenvalue weighted by atomic mass is 16.5. The van der Waals surface area contributed by atoms with E-state index < -0.39 is 0 Å². The van der Waals surface area contributed by atoms with Crippen LogP contribution in [-0.4, -0.2) is 42.4 Å². The summed E-state index contributed by atoms with van der Waals surface area (Å²) in [5.74, 6) is 0. The van der Waals surface area contributed by atoms with Gasteiger partial charge in [0.05, 0.1) is 6.61 Å². The van der Waals surface area contributed by atoms with Gasteiger partial charge in [-0.3, -0.25) is 10.2 Å². The maximum Gasteiger partial charge on any atom is 0.121 e. The molecule has 0 bridgehead atoms. The van der Waals surface area contributed by atoms with Crippen LogP contribution in [0.4, 0.5) is 0 Å². The maximum absolute atomic E-state index is 5.93. The van der Waals surface area contributed by atoms with Crippen LogP contribution in [0.5, 0.6) is 0 Å². The highest BCUT2D eigenvalue weighted by Gasteiger charge is 2.38. The first kappa shape index (κ1) is 11.4. The summed E-state index contributed by atoms with van der Waals surface area (Å²) in [7, 11) is 0. The van der Waals surface area contributed by atoms with E-state index in [2.05, 4.69) is 31.0 Å². The van der Waals surface area contributed by atoms with E-state index in [-0.39, 0.29) is 5.72 Å². The molecular formula is C12H24N2O. The van der Waals surface area contributed by atoms with Gasteiger partial charge in [0.1, 0.15) is 5.72 Å². The summed E-state index contributed by atoms with van der Waals surface area (Å²) in [5.41, 5.74) is 0.316. The summed E-state index contributed by atoms with van der Waals surface area (Å²) < 4.78 is 5.93. The van der Waals surface area contributed by atoms with Crippen LogP contribution in [0.1, 0.15) is 40.0 Å². The third kappa shape index (κ3) is 2.52. The molecule has 1 spiro atoms. The first-order chi connectivity index (χ1) is 7.02. The van der Waals surface area contributed by atoms with Gasteiger partial charge in [0.15, 0.2) is 0 Å². The predicted molar refractivity (Wildman–Crippen MR) is 61.9 cm³/mol. The number of hydrogen-bond acceptors (Lipinski definition) is 3. The van der Waals surface area contributed by atoms with Gasteiger partial charge in [0.2, 0.25) is 0 Å². The first-order valence-corrected chi connectivity index (χ1v) is 6.16. The van der Waals surface area contributed by atoms with Crippen LogP contribution in [0, 0.1) is 0 Å². The molecule has 0 atom stereocenters. The molecule has 3 nitrogen and oxygen atoms in total. The van der Waals surface area contributed by atoms with Gasteiger partial charge in [0, 0.05) is 31.5 Å². The van der Waals surface area contributed by atoms with Crippen molar-refractivity contribution in [1.29, 1.82) is 0 Å². The van der Waals surface area contributed by atoms with Gasteiger partial charge in [-0.05, 0) is 33.7 Å². The average Bonchev–Trinajstić information content (AvgIpc) is 2.18. The topological polar surface area (TPSA) is 24.5 Å². The second-order valence-corrected chi connectivity index (χ2v) is 5.78. The molecule has 3 heteroatoms. The van der Waals surface area contributed by atoms with Gasteiger partial charge in [-0.15, -0.1) is 0 Å². The van der Waals surface area contributed by atoms with Crippen molar-refractivity contribution in [3.05, 3.63) is 0 Å². The van der Waals surface area contributed by atoms with Gasteiger partial charge >= 0.3 is 0 Å². The average molecular weight is 212 g/mol. The SMILES string of the molecule is CC(C)(C)N1CCC2(CC1)NCCCO2. The third-order valence-electron chi connectivity index (χ3n) is 3.67. The minimum Gasteiger partial charge on any atom is -0.360 e. The standard InChI is InChI=1S/C12H24N2O/c1-11(2,3)14-8-5-12(6-9-14)13-7-4-10-15-12/h13H,4-10H2,1-3H3. The maximum atomic E-state index is 5.93. The molecule has 0 aromatic carbocycles. The number of nitrogens with one attached hydrogen (secondary N) is 1. The summed E-state index contributed by atoms with van der Waals surface area (Å²) >= 11 is 0. The lowest BCUT2D eigenvalue weighted by atomic mass is 9.94. The highest BCUT2D eigenvalue weighted by molar-refractivity contribution is 4.91. The Kier molecular flexibility index (Phi) is 3.06. The molecule has 0 saturated carbocycles. The summed E-state index contributed by atoms with van der Waals surface area (Å²) in [6, 6.07) is 0. The zero-order chi connectivity index (χ0) is 10.9. The van der Waals surface area contributed by atoms with Gasteiger partial charge in [0.25, 0.3) is 0 Å². The van der Waals surface area contributed by atoms with Crippen molar-refractivity contribution in [3.8, 4) is 0 Å². The highest BCUT2D eigenvalue weighted by Crippen LogP contribution is 2.29. The molecule has 88 valence electrons. The second kappa shape index (κ2) is 4.04. The fourth-order valence-corrected chi connectivity index (χ4v) is 2.57. The molecule has 0 unspecified atom stereocenters. The van der Waals surface area contributed by atoms with E-state index in [4.69, 9.17) is 4.74 Å². The van der Waals surface area contributed by atoms with Crippen molar-refractivity contribution in [1.82, 2.24) is 10.2 Å². The summed E-state index contributed by atoms with van der Waals surface area (Å²) in [6.07, 6.45) is 3.42. The third-order valence-corrected chi connectivity index (χ3v) is 3.67. The van der Waals surface area contributed by atoms with Crippen LogP contribution in [-0.2, 0) is 4.74 Å². The fraction of sp³-hybridized carbons (Fsp3) is 1.00. The largest absolute Gasteiger partial charge is 0.360 e. The van der Waals surface area contributed by atoms with Crippen molar-refractivity contribution < 1.29 is 4.74 Å². The number of hydrogen-bond donors (Lipinski definition) is 1. The van der Waals surface area contributed by atoms with E-state index in [0.29, 0.717) is 5.54 Å². The first-order valence-electron chi connectivity index (χ1n) is 6.16. The summed E-state index contributed by atoms with van der Waals surface area (Å²) in [4.78, 5) is 2.55. The Hall–Kier alpha value is -0.120.